The highest BCUT2D eigenvalue weighted by atomic mass is 35.5. The zero-order valence-electron chi connectivity index (χ0n) is 16.5. The second-order valence-electron chi connectivity index (χ2n) is 7.27. The number of nitrogens with zero attached hydrogens (tertiary/aromatic N) is 3. The maximum atomic E-state index is 12.5. The van der Waals surface area contributed by atoms with Crippen LogP contribution in [0.25, 0.3) is 0 Å². The summed E-state index contributed by atoms with van der Waals surface area (Å²) < 4.78 is 5.62. The van der Waals surface area contributed by atoms with Crippen molar-refractivity contribution in [1.29, 1.82) is 0 Å². The Morgan fingerprint density at radius 1 is 1.14 bits per heavy atom. The van der Waals surface area contributed by atoms with E-state index in [1.54, 1.807) is 17.0 Å². The van der Waals surface area contributed by atoms with Crippen LogP contribution in [0.5, 0.6) is 5.75 Å². The molecule has 3 rings (SSSR count). The summed E-state index contributed by atoms with van der Waals surface area (Å²) in [5, 5.41) is 11.6. The molecule has 154 valence electrons. The van der Waals surface area contributed by atoms with Gasteiger partial charge >= 0.3 is 0 Å². The smallest absolute Gasteiger partial charge is 0.294 e. The second-order valence-corrected chi connectivity index (χ2v) is 7.71. The van der Waals surface area contributed by atoms with E-state index in [0.717, 1.165) is 0 Å². The molecule has 29 heavy (non-hydrogen) atoms. The topological polar surface area (TPSA) is 75.9 Å². The number of benzene rings is 2. The highest BCUT2D eigenvalue weighted by Gasteiger charge is 2.26. The van der Waals surface area contributed by atoms with Gasteiger partial charge in [0.25, 0.3) is 11.6 Å². The molecule has 8 heteroatoms. The van der Waals surface area contributed by atoms with Gasteiger partial charge in [0.15, 0.2) is 6.61 Å². The van der Waals surface area contributed by atoms with E-state index in [-0.39, 0.29) is 18.2 Å². The predicted molar refractivity (Wildman–Crippen MR) is 113 cm³/mol. The van der Waals surface area contributed by atoms with E-state index in [1.807, 2.05) is 29.2 Å². The number of amides is 1. The van der Waals surface area contributed by atoms with Gasteiger partial charge in [0, 0.05) is 37.3 Å². The average molecular weight is 418 g/mol. The summed E-state index contributed by atoms with van der Waals surface area (Å²) in [5.74, 6) is 1.01. The number of carbonyl (C=O) groups is 1. The lowest BCUT2D eigenvalue weighted by Gasteiger charge is -2.35. The van der Waals surface area contributed by atoms with Crippen LogP contribution in [0.1, 0.15) is 25.3 Å². The summed E-state index contributed by atoms with van der Waals surface area (Å²) in [7, 11) is 0. The van der Waals surface area contributed by atoms with Gasteiger partial charge < -0.3 is 14.5 Å². The Kier molecular flexibility index (Phi) is 6.59. The number of nitro benzene ring substituents is 1. The van der Waals surface area contributed by atoms with E-state index in [0.29, 0.717) is 48.6 Å². The number of rotatable bonds is 6. The van der Waals surface area contributed by atoms with Crippen molar-refractivity contribution >= 4 is 28.9 Å². The zero-order chi connectivity index (χ0) is 21.0. The van der Waals surface area contributed by atoms with Crippen molar-refractivity contribution in [1.82, 2.24) is 4.90 Å². The summed E-state index contributed by atoms with van der Waals surface area (Å²) in [4.78, 5) is 27.0. The zero-order valence-corrected chi connectivity index (χ0v) is 17.3. The Bertz CT molecular complexity index is 878. The lowest BCUT2D eigenvalue weighted by atomic mass is 10.0. The van der Waals surface area contributed by atoms with Crippen molar-refractivity contribution in [3.63, 3.8) is 0 Å². The number of hydrogen-bond donors (Lipinski definition) is 0. The summed E-state index contributed by atoms with van der Waals surface area (Å²) in [6, 6.07) is 12.4. The van der Waals surface area contributed by atoms with Crippen LogP contribution in [0.15, 0.2) is 42.5 Å². The molecule has 1 heterocycles. The SMILES string of the molecule is CC(C)c1ccc(OCC(=O)N2CCN(c3ccc(Cl)cc3[N+](=O)[O-])CC2)cc1. The molecule has 1 amide bonds. The molecular weight excluding hydrogens is 394 g/mol. The van der Waals surface area contributed by atoms with Crippen molar-refractivity contribution in [3.05, 3.63) is 63.2 Å². The molecule has 0 bridgehead atoms. The lowest BCUT2D eigenvalue weighted by Crippen LogP contribution is -2.50. The van der Waals surface area contributed by atoms with Crippen LogP contribution in [-0.4, -0.2) is 48.5 Å². The monoisotopic (exact) mass is 417 g/mol. The van der Waals surface area contributed by atoms with Crippen LogP contribution in [0.4, 0.5) is 11.4 Å². The molecule has 1 aliphatic heterocycles. The summed E-state index contributed by atoms with van der Waals surface area (Å²) in [6.45, 7) is 6.20. The molecule has 0 radical (unpaired) electrons. The van der Waals surface area contributed by atoms with E-state index >= 15 is 0 Å². The van der Waals surface area contributed by atoms with Crippen LogP contribution in [0.2, 0.25) is 5.02 Å². The van der Waals surface area contributed by atoms with Crippen molar-refractivity contribution in [2.24, 2.45) is 0 Å². The second kappa shape index (κ2) is 9.13. The third-order valence-corrected chi connectivity index (χ3v) is 5.25. The molecule has 0 N–H and O–H groups in total. The van der Waals surface area contributed by atoms with Crippen LogP contribution >= 0.6 is 11.6 Å². The molecule has 0 spiro atoms. The Morgan fingerprint density at radius 2 is 1.79 bits per heavy atom. The van der Waals surface area contributed by atoms with Crippen molar-refractivity contribution in [2.75, 3.05) is 37.7 Å². The molecule has 0 aliphatic carbocycles. The molecule has 1 aliphatic rings. The molecule has 7 nitrogen and oxygen atoms in total. The van der Waals surface area contributed by atoms with Crippen LogP contribution in [0.3, 0.4) is 0 Å². The molecule has 1 saturated heterocycles. The van der Waals surface area contributed by atoms with Crippen molar-refractivity contribution < 1.29 is 14.5 Å². The molecule has 0 atom stereocenters. The Hall–Kier alpha value is -2.80. The van der Waals surface area contributed by atoms with E-state index in [9.17, 15) is 14.9 Å². The van der Waals surface area contributed by atoms with Gasteiger partial charge in [0.2, 0.25) is 0 Å². The highest BCUT2D eigenvalue weighted by Crippen LogP contribution is 2.31. The first-order valence-corrected chi connectivity index (χ1v) is 9.92. The minimum Gasteiger partial charge on any atom is -0.484 e. The number of piperazine rings is 1. The van der Waals surface area contributed by atoms with Gasteiger partial charge in [0.05, 0.1) is 4.92 Å². The third kappa shape index (κ3) is 5.17. The highest BCUT2D eigenvalue weighted by molar-refractivity contribution is 6.30. The van der Waals surface area contributed by atoms with Gasteiger partial charge in [-0.3, -0.25) is 14.9 Å². The molecular formula is C21H24ClN3O4. The molecule has 0 saturated carbocycles. The predicted octanol–water partition coefficient (Wildman–Crippen LogP) is 4.10. The first-order valence-electron chi connectivity index (χ1n) is 9.54. The minimum atomic E-state index is -0.433. The number of halogens is 1. The van der Waals surface area contributed by atoms with Crippen LogP contribution < -0.4 is 9.64 Å². The molecule has 2 aromatic carbocycles. The molecule has 0 unspecified atom stereocenters. The van der Waals surface area contributed by atoms with Gasteiger partial charge in [-0.15, -0.1) is 0 Å². The number of ether oxygens (including phenoxy) is 1. The maximum Gasteiger partial charge on any atom is 0.294 e. The van der Waals surface area contributed by atoms with Gasteiger partial charge in [0.1, 0.15) is 11.4 Å². The molecule has 0 aromatic heterocycles. The largest absolute Gasteiger partial charge is 0.484 e. The maximum absolute atomic E-state index is 12.5. The van der Waals surface area contributed by atoms with Crippen LogP contribution in [0, 0.1) is 10.1 Å². The van der Waals surface area contributed by atoms with E-state index in [2.05, 4.69) is 13.8 Å². The van der Waals surface area contributed by atoms with E-state index < -0.39 is 4.92 Å². The standard InChI is InChI=1S/C21H24ClN3O4/c1-15(2)16-3-6-18(7-4-16)29-14-21(26)24-11-9-23(10-12-24)19-8-5-17(22)13-20(19)25(27)28/h3-8,13,15H,9-12,14H2,1-2H3. The van der Waals surface area contributed by atoms with Gasteiger partial charge in [-0.1, -0.05) is 37.6 Å². The number of hydrogen-bond acceptors (Lipinski definition) is 5. The quantitative estimate of drug-likeness (QED) is 0.522. The molecule has 1 fully saturated rings. The van der Waals surface area contributed by atoms with Gasteiger partial charge in [-0.25, -0.2) is 0 Å². The van der Waals surface area contributed by atoms with Gasteiger partial charge in [-0.05, 0) is 35.7 Å². The summed E-state index contributed by atoms with van der Waals surface area (Å²) in [5.41, 5.74) is 1.72. The minimum absolute atomic E-state index is 0.0227. The average Bonchev–Trinajstić information content (AvgIpc) is 2.72. The normalized spacial score (nSPS) is 14.2. The van der Waals surface area contributed by atoms with E-state index in [4.69, 9.17) is 16.3 Å². The first-order chi connectivity index (χ1) is 13.8. The Morgan fingerprint density at radius 3 is 2.38 bits per heavy atom. The number of carbonyl (C=O) groups excluding carboxylic acids is 1. The Balaban J connectivity index is 1.54. The fourth-order valence-corrected chi connectivity index (χ4v) is 3.46. The fraction of sp³-hybridized carbons (Fsp3) is 0.381. The fourth-order valence-electron chi connectivity index (χ4n) is 3.29. The van der Waals surface area contributed by atoms with Gasteiger partial charge in [-0.2, -0.15) is 0 Å². The van der Waals surface area contributed by atoms with Crippen LogP contribution in [-0.2, 0) is 4.79 Å². The third-order valence-electron chi connectivity index (χ3n) is 5.02. The van der Waals surface area contributed by atoms with Crippen molar-refractivity contribution in [2.45, 2.75) is 19.8 Å². The molecule has 2 aromatic rings. The summed E-state index contributed by atoms with van der Waals surface area (Å²) in [6.07, 6.45) is 0. The van der Waals surface area contributed by atoms with E-state index in [1.165, 1.54) is 11.6 Å². The first kappa shape index (κ1) is 20.9. The Labute approximate surface area is 175 Å². The number of anilines is 1. The number of nitro groups is 1. The summed E-state index contributed by atoms with van der Waals surface area (Å²) >= 11 is 5.88. The lowest BCUT2D eigenvalue weighted by molar-refractivity contribution is -0.384. The van der Waals surface area contributed by atoms with Crippen molar-refractivity contribution in [3.8, 4) is 5.75 Å².